The number of likely N-dealkylation sites (tertiary alicyclic amines) is 1. The SMILES string of the molecule is COc1cccc(C(=O)N2CCC[C@H](c3ccc(-c4c(C)noc4C)cn3)C2)c1. The van der Waals surface area contributed by atoms with Crippen molar-refractivity contribution in [2.45, 2.75) is 32.6 Å². The summed E-state index contributed by atoms with van der Waals surface area (Å²) in [5, 5.41) is 4.02. The fourth-order valence-corrected chi connectivity index (χ4v) is 4.03. The van der Waals surface area contributed by atoms with Crippen LogP contribution in [0.3, 0.4) is 0 Å². The number of benzene rings is 1. The van der Waals surface area contributed by atoms with Crippen molar-refractivity contribution in [3.05, 3.63) is 65.3 Å². The van der Waals surface area contributed by atoms with Gasteiger partial charge in [-0.15, -0.1) is 0 Å². The first-order valence-electron chi connectivity index (χ1n) is 9.89. The maximum Gasteiger partial charge on any atom is 0.254 e. The van der Waals surface area contributed by atoms with Crippen LogP contribution >= 0.6 is 0 Å². The minimum atomic E-state index is 0.0425. The molecule has 1 aliphatic rings. The van der Waals surface area contributed by atoms with Crippen molar-refractivity contribution in [1.82, 2.24) is 15.0 Å². The predicted octanol–water partition coefficient (Wildman–Crippen LogP) is 4.38. The summed E-state index contributed by atoms with van der Waals surface area (Å²) < 4.78 is 10.5. The van der Waals surface area contributed by atoms with E-state index in [1.54, 1.807) is 13.2 Å². The number of hydrogen-bond donors (Lipinski definition) is 0. The zero-order chi connectivity index (χ0) is 20.4. The summed E-state index contributed by atoms with van der Waals surface area (Å²) in [6, 6.07) is 11.5. The molecule has 3 aromatic rings. The van der Waals surface area contributed by atoms with Crippen LogP contribution in [0.15, 0.2) is 47.1 Å². The molecule has 0 N–H and O–H groups in total. The van der Waals surface area contributed by atoms with Crippen molar-refractivity contribution in [2.24, 2.45) is 0 Å². The quantitative estimate of drug-likeness (QED) is 0.660. The number of aryl methyl sites for hydroxylation is 2. The van der Waals surface area contributed by atoms with Gasteiger partial charge < -0.3 is 14.2 Å². The van der Waals surface area contributed by atoms with Gasteiger partial charge in [-0.2, -0.15) is 0 Å². The van der Waals surface area contributed by atoms with Crippen LogP contribution in [0.4, 0.5) is 0 Å². The number of ether oxygens (including phenoxy) is 1. The number of carbonyl (C=O) groups is 1. The molecule has 2 aromatic heterocycles. The summed E-state index contributed by atoms with van der Waals surface area (Å²) >= 11 is 0. The highest BCUT2D eigenvalue weighted by molar-refractivity contribution is 5.94. The number of methoxy groups -OCH3 is 1. The van der Waals surface area contributed by atoms with Gasteiger partial charge in [0.25, 0.3) is 5.91 Å². The minimum Gasteiger partial charge on any atom is -0.497 e. The van der Waals surface area contributed by atoms with Gasteiger partial charge in [0.15, 0.2) is 0 Å². The van der Waals surface area contributed by atoms with E-state index < -0.39 is 0 Å². The van der Waals surface area contributed by atoms with Gasteiger partial charge >= 0.3 is 0 Å². The molecule has 1 atom stereocenters. The molecule has 1 fully saturated rings. The molecule has 0 saturated carbocycles. The summed E-state index contributed by atoms with van der Waals surface area (Å²) in [6.45, 7) is 5.28. The minimum absolute atomic E-state index is 0.0425. The third-order valence-electron chi connectivity index (χ3n) is 5.55. The first-order valence-corrected chi connectivity index (χ1v) is 9.89. The smallest absolute Gasteiger partial charge is 0.254 e. The zero-order valence-electron chi connectivity index (χ0n) is 17.0. The fourth-order valence-electron chi connectivity index (χ4n) is 4.03. The van der Waals surface area contributed by atoms with E-state index in [-0.39, 0.29) is 11.8 Å². The topological polar surface area (TPSA) is 68.5 Å². The fraction of sp³-hybridized carbons (Fsp3) is 0.348. The molecular formula is C23H25N3O3. The molecule has 1 amide bonds. The van der Waals surface area contributed by atoms with E-state index in [1.807, 2.05) is 43.1 Å². The Labute approximate surface area is 170 Å². The standard InChI is InChI=1S/C23H25N3O3/c1-15-22(16(2)29-25-15)18-9-10-21(24-13-18)19-7-5-11-26(14-19)23(27)17-6-4-8-20(12-17)28-3/h4,6,8-10,12-13,19H,5,7,11,14H2,1-3H3/t19-/m0/s1. The van der Waals surface area contributed by atoms with Crippen LogP contribution in [0.25, 0.3) is 11.1 Å². The third kappa shape index (κ3) is 3.88. The van der Waals surface area contributed by atoms with E-state index in [0.717, 1.165) is 47.7 Å². The van der Waals surface area contributed by atoms with Crippen molar-refractivity contribution in [2.75, 3.05) is 20.2 Å². The number of piperidine rings is 1. The van der Waals surface area contributed by atoms with Crippen LogP contribution in [0.5, 0.6) is 5.75 Å². The molecule has 0 aliphatic carbocycles. The van der Waals surface area contributed by atoms with Crippen LogP contribution in [0.1, 0.15) is 46.3 Å². The van der Waals surface area contributed by atoms with Gasteiger partial charge in [-0.1, -0.05) is 17.3 Å². The molecular weight excluding hydrogens is 366 g/mol. The first-order chi connectivity index (χ1) is 14.1. The molecule has 1 saturated heterocycles. The molecule has 6 nitrogen and oxygen atoms in total. The van der Waals surface area contributed by atoms with Crippen molar-refractivity contribution >= 4 is 5.91 Å². The van der Waals surface area contributed by atoms with Crippen LogP contribution < -0.4 is 4.74 Å². The Kier molecular flexibility index (Phi) is 5.34. The van der Waals surface area contributed by atoms with Crippen LogP contribution in [0, 0.1) is 13.8 Å². The van der Waals surface area contributed by atoms with Gasteiger partial charge in [-0.25, -0.2) is 0 Å². The zero-order valence-corrected chi connectivity index (χ0v) is 17.0. The number of aromatic nitrogens is 2. The normalized spacial score (nSPS) is 16.7. The lowest BCUT2D eigenvalue weighted by atomic mass is 9.93. The van der Waals surface area contributed by atoms with Crippen LogP contribution in [-0.2, 0) is 0 Å². The van der Waals surface area contributed by atoms with Crippen LogP contribution in [-0.4, -0.2) is 41.1 Å². The number of nitrogens with zero attached hydrogens (tertiary/aromatic N) is 3. The van der Waals surface area contributed by atoms with Crippen molar-refractivity contribution in [3.63, 3.8) is 0 Å². The Hall–Kier alpha value is -3.15. The van der Waals surface area contributed by atoms with E-state index >= 15 is 0 Å². The molecule has 0 spiro atoms. The van der Waals surface area contributed by atoms with E-state index in [9.17, 15) is 4.79 Å². The van der Waals surface area contributed by atoms with Gasteiger partial charge in [0.1, 0.15) is 11.5 Å². The Bertz CT molecular complexity index is 991. The molecule has 0 unspecified atom stereocenters. The number of carbonyl (C=O) groups excluding carboxylic acids is 1. The Morgan fingerprint density at radius 1 is 1.24 bits per heavy atom. The number of rotatable bonds is 4. The predicted molar refractivity (Wildman–Crippen MR) is 110 cm³/mol. The van der Waals surface area contributed by atoms with E-state index in [4.69, 9.17) is 14.2 Å². The number of hydrogen-bond acceptors (Lipinski definition) is 5. The average molecular weight is 391 g/mol. The van der Waals surface area contributed by atoms with Crippen molar-refractivity contribution in [1.29, 1.82) is 0 Å². The van der Waals surface area contributed by atoms with Gasteiger partial charge in [0.2, 0.25) is 0 Å². The summed E-state index contributed by atoms with van der Waals surface area (Å²) in [5.41, 5.74) is 4.55. The lowest BCUT2D eigenvalue weighted by molar-refractivity contribution is 0.0705. The highest BCUT2D eigenvalue weighted by atomic mass is 16.5. The molecule has 29 heavy (non-hydrogen) atoms. The van der Waals surface area contributed by atoms with Crippen molar-refractivity contribution < 1.29 is 14.1 Å². The molecule has 6 heteroatoms. The highest BCUT2D eigenvalue weighted by Gasteiger charge is 2.26. The van der Waals surface area contributed by atoms with Crippen LogP contribution in [0.2, 0.25) is 0 Å². The number of amides is 1. The molecule has 1 aliphatic heterocycles. The summed E-state index contributed by atoms with van der Waals surface area (Å²) in [7, 11) is 1.61. The second kappa shape index (κ2) is 8.07. The molecule has 1 aromatic carbocycles. The lowest BCUT2D eigenvalue weighted by Crippen LogP contribution is -2.39. The second-order valence-corrected chi connectivity index (χ2v) is 7.49. The van der Waals surface area contributed by atoms with Gasteiger partial charge in [-0.3, -0.25) is 9.78 Å². The summed E-state index contributed by atoms with van der Waals surface area (Å²) in [6.07, 6.45) is 3.87. The van der Waals surface area contributed by atoms with Crippen molar-refractivity contribution in [3.8, 4) is 16.9 Å². The third-order valence-corrected chi connectivity index (χ3v) is 5.55. The van der Waals surface area contributed by atoms with Gasteiger partial charge in [0, 0.05) is 47.6 Å². The maximum absolute atomic E-state index is 13.0. The lowest BCUT2D eigenvalue weighted by Gasteiger charge is -2.32. The number of pyridine rings is 1. The Morgan fingerprint density at radius 3 is 2.79 bits per heavy atom. The average Bonchev–Trinajstić information content (AvgIpc) is 3.11. The monoisotopic (exact) mass is 391 g/mol. The first kappa shape index (κ1) is 19.2. The highest BCUT2D eigenvalue weighted by Crippen LogP contribution is 2.30. The largest absolute Gasteiger partial charge is 0.497 e. The maximum atomic E-state index is 13.0. The Morgan fingerprint density at radius 2 is 2.10 bits per heavy atom. The Balaban J connectivity index is 1.50. The van der Waals surface area contributed by atoms with E-state index in [0.29, 0.717) is 17.9 Å². The molecule has 150 valence electrons. The molecule has 0 bridgehead atoms. The van der Waals surface area contributed by atoms with E-state index in [1.165, 1.54) is 0 Å². The summed E-state index contributed by atoms with van der Waals surface area (Å²) in [5.74, 6) is 1.77. The summed E-state index contributed by atoms with van der Waals surface area (Å²) in [4.78, 5) is 19.6. The van der Waals surface area contributed by atoms with Gasteiger partial charge in [-0.05, 0) is 51.0 Å². The second-order valence-electron chi connectivity index (χ2n) is 7.49. The van der Waals surface area contributed by atoms with E-state index in [2.05, 4.69) is 17.3 Å². The molecule has 0 radical (unpaired) electrons. The van der Waals surface area contributed by atoms with Gasteiger partial charge in [0.05, 0.1) is 12.8 Å². The molecule has 4 rings (SSSR count). The molecule has 3 heterocycles.